The lowest BCUT2D eigenvalue weighted by molar-refractivity contribution is -0.385. The van der Waals surface area contributed by atoms with E-state index in [4.69, 9.17) is 0 Å². The van der Waals surface area contributed by atoms with E-state index in [0.717, 1.165) is 41.7 Å². The van der Waals surface area contributed by atoms with E-state index in [1.54, 1.807) is 24.5 Å². The number of para-hydroxylation sites is 1. The third-order valence-corrected chi connectivity index (χ3v) is 6.35. The smallest absolute Gasteiger partial charge is 0.282 e. The monoisotopic (exact) mass is 436 g/mol. The average molecular weight is 436 g/mol. The summed E-state index contributed by atoms with van der Waals surface area (Å²) in [5.41, 5.74) is 1.96. The summed E-state index contributed by atoms with van der Waals surface area (Å²) in [7, 11) is 0. The Morgan fingerprint density at radius 2 is 1.90 bits per heavy atom. The van der Waals surface area contributed by atoms with Gasteiger partial charge in [-0.2, -0.15) is 0 Å². The first-order valence-electron chi connectivity index (χ1n) is 9.91. The molecule has 0 aliphatic heterocycles. The van der Waals surface area contributed by atoms with Crippen LogP contribution in [0.3, 0.4) is 0 Å². The Labute approximate surface area is 182 Å². The molecule has 3 aromatic rings. The number of carbonyl (C=O) groups excluding carboxylic acids is 2. The van der Waals surface area contributed by atoms with E-state index >= 15 is 0 Å². The minimum atomic E-state index is -0.604. The molecule has 0 radical (unpaired) electrons. The molecular weight excluding hydrogens is 416 g/mol. The topological polar surface area (TPSA) is 114 Å². The molecule has 1 aromatic carbocycles. The molecule has 158 valence electrons. The lowest BCUT2D eigenvalue weighted by atomic mass is 9.95. The van der Waals surface area contributed by atoms with Gasteiger partial charge in [0.25, 0.3) is 17.5 Å². The molecule has 0 unspecified atom stereocenters. The predicted octanol–water partition coefficient (Wildman–Crippen LogP) is 4.11. The van der Waals surface area contributed by atoms with Gasteiger partial charge in [-0.25, -0.2) is 0 Å². The van der Waals surface area contributed by atoms with Crippen molar-refractivity contribution in [3.05, 3.63) is 86.0 Å². The molecule has 8 nitrogen and oxygen atoms in total. The van der Waals surface area contributed by atoms with Gasteiger partial charge in [0.1, 0.15) is 10.6 Å². The molecule has 0 atom stereocenters. The molecule has 0 spiro atoms. The predicted molar refractivity (Wildman–Crippen MR) is 117 cm³/mol. The van der Waals surface area contributed by atoms with Gasteiger partial charge >= 0.3 is 0 Å². The molecule has 0 bridgehead atoms. The zero-order valence-electron chi connectivity index (χ0n) is 16.6. The van der Waals surface area contributed by atoms with E-state index in [0.29, 0.717) is 17.1 Å². The standard InChI is InChI=1S/C22H20N4O4S/c27-20(15-7-1-3-9-17(15)26(29)30)25-22-19(16-8-2-4-10-18(16)31-22)21(28)24-13-14-6-5-11-23-12-14/h1,3,5-7,9,11-12H,2,4,8,10,13H2,(H,24,28)(H,25,27). The number of benzene rings is 1. The number of nitro groups is 1. The van der Waals surface area contributed by atoms with Gasteiger partial charge < -0.3 is 10.6 Å². The zero-order valence-corrected chi connectivity index (χ0v) is 17.4. The van der Waals surface area contributed by atoms with Crippen LogP contribution in [0.2, 0.25) is 0 Å². The summed E-state index contributed by atoms with van der Waals surface area (Å²) in [4.78, 5) is 41.8. The summed E-state index contributed by atoms with van der Waals surface area (Å²) in [5, 5.41) is 17.4. The molecule has 1 aliphatic carbocycles. The van der Waals surface area contributed by atoms with Crippen molar-refractivity contribution in [2.24, 2.45) is 0 Å². The van der Waals surface area contributed by atoms with Crippen LogP contribution in [0.1, 0.15) is 49.6 Å². The van der Waals surface area contributed by atoms with Crippen LogP contribution in [0.4, 0.5) is 10.7 Å². The number of hydrogen-bond donors (Lipinski definition) is 2. The molecule has 9 heteroatoms. The number of anilines is 1. The molecule has 0 fully saturated rings. The summed E-state index contributed by atoms with van der Waals surface area (Å²) < 4.78 is 0. The number of fused-ring (bicyclic) bond motifs is 1. The average Bonchev–Trinajstić information content (AvgIpc) is 3.16. The van der Waals surface area contributed by atoms with Gasteiger partial charge in [0.05, 0.1) is 10.5 Å². The van der Waals surface area contributed by atoms with Crippen molar-refractivity contribution in [2.75, 3.05) is 5.32 Å². The van der Waals surface area contributed by atoms with E-state index in [1.165, 1.54) is 29.5 Å². The molecular formula is C22H20N4O4S. The number of nitrogens with zero attached hydrogens (tertiary/aromatic N) is 2. The van der Waals surface area contributed by atoms with Crippen LogP contribution in [0.25, 0.3) is 0 Å². The summed E-state index contributed by atoms with van der Waals surface area (Å²) in [6.07, 6.45) is 6.97. The van der Waals surface area contributed by atoms with Gasteiger partial charge in [-0.05, 0) is 48.9 Å². The van der Waals surface area contributed by atoms with E-state index in [9.17, 15) is 19.7 Å². The number of carbonyl (C=O) groups is 2. The van der Waals surface area contributed by atoms with Crippen LogP contribution in [0, 0.1) is 10.1 Å². The Hall–Kier alpha value is -3.59. The third-order valence-electron chi connectivity index (χ3n) is 5.15. The maximum atomic E-state index is 13.1. The highest BCUT2D eigenvalue weighted by Gasteiger charge is 2.28. The van der Waals surface area contributed by atoms with Crippen molar-refractivity contribution in [1.82, 2.24) is 10.3 Å². The zero-order chi connectivity index (χ0) is 21.8. The molecule has 2 aromatic heterocycles. The number of rotatable bonds is 6. The summed E-state index contributed by atoms with van der Waals surface area (Å²) in [6.45, 7) is 0.314. The highest BCUT2D eigenvalue weighted by atomic mass is 32.1. The van der Waals surface area contributed by atoms with Crippen LogP contribution in [0.5, 0.6) is 0 Å². The van der Waals surface area contributed by atoms with Crippen molar-refractivity contribution in [2.45, 2.75) is 32.2 Å². The Bertz CT molecular complexity index is 1140. The lowest BCUT2D eigenvalue weighted by Gasteiger charge is -2.13. The highest BCUT2D eigenvalue weighted by molar-refractivity contribution is 7.17. The fourth-order valence-electron chi connectivity index (χ4n) is 3.66. The van der Waals surface area contributed by atoms with E-state index in [-0.39, 0.29) is 17.2 Å². The second kappa shape index (κ2) is 9.05. The Morgan fingerprint density at radius 3 is 2.68 bits per heavy atom. The van der Waals surface area contributed by atoms with Gasteiger partial charge in [0, 0.05) is 29.9 Å². The molecule has 2 heterocycles. The van der Waals surface area contributed by atoms with Crippen LogP contribution in [0.15, 0.2) is 48.8 Å². The third kappa shape index (κ3) is 4.46. The first kappa shape index (κ1) is 20.7. The molecule has 1 aliphatic rings. The number of aromatic nitrogens is 1. The Kier molecular flexibility index (Phi) is 6.03. The van der Waals surface area contributed by atoms with Crippen LogP contribution in [-0.2, 0) is 19.4 Å². The van der Waals surface area contributed by atoms with E-state index in [1.807, 2.05) is 6.07 Å². The second-order valence-electron chi connectivity index (χ2n) is 7.19. The molecule has 2 amide bonds. The van der Waals surface area contributed by atoms with Gasteiger partial charge in [-0.3, -0.25) is 24.7 Å². The minimum Gasteiger partial charge on any atom is -0.348 e. The second-order valence-corrected chi connectivity index (χ2v) is 8.29. The lowest BCUT2D eigenvalue weighted by Crippen LogP contribution is -2.25. The largest absolute Gasteiger partial charge is 0.348 e. The van der Waals surface area contributed by atoms with Gasteiger partial charge in [0.2, 0.25) is 0 Å². The number of amides is 2. The molecule has 0 saturated heterocycles. The minimum absolute atomic E-state index is 0.0411. The van der Waals surface area contributed by atoms with E-state index in [2.05, 4.69) is 15.6 Å². The first-order chi connectivity index (χ1) is 15.0. The maximum Gasteiger partial charge on any atom is 0.282 e. The normalized spacial score (nSPS) is 12.6. The quantitative estimate of drug-likeness (QED) is 0.446. The molecule has 0 saturated carbocycles. The number of pyridine rings is 1. The Morgan fingerprint density at radius 1 is 1.10 bits per heavy atom. The van der Waals surface area contributed by atoms with E-state index < -0.39 is 10.8 Å². The number of nitrogens with one attached hydrogen (secondary N) is 2. The summed E-state index contributed by atoms with van der Waals surface area (Å²) >= 11 is 1.37. The number of hydrogen-bond acceptors (Lipinski definition) is 6. The van der Waals surface area contributed by atoms with Crippen LogP contribution < -0.4 is 10.6 Å². The van der Waals surface area contributed by atoms with Crippen LogP contribution >= 0.6 is 11.3 Å². The SMILES string of the molecule is O=C(Nc1sc2c(c1C(=O)NCc1cccnc1)CCCC2)c1ccccc1[N+](=O)[O-]. The number of nitro benzene ring substituents is 1. The Balaban J connectivity index is 1.62. The van der Waals surface area contributed by atoms with Crippen molar-refractivity contribution in [3.8, 4) is 0 Å². The highest BCUT2D eigenvalue weighted by Crippen LogP contribution is 2.38. The van der Waals surface area contributed by atoms with Gasteiger partial charge in [0.15, 0.2) is 0 Å². The number of aryl methyl sites for hydroxylation is 1. The van der Waals surface area contributed by atoms with Crippen molar-refractivity contribution < 1.29 is 14.5 Å². The van der Waals surface area contributed by atoms with Crippen molar-refractivity contribution in [3.63, 3.8) is 0 Å². The van der Waals surface area contributed by atoms with Crippen LogP contribution in [-0.4, -0.2) is 21.7 Å². The fraction of sp³-hybridized carbons (Fsp3) is 0.227. The van der Waals surface area contributed by atoms with Crippen molar-refractivity contribution >= 4 is 33.8 Å². The fourth-order valence-corrected chi connectivity index (χ4v) is 4.94. The van der Waals surface area contributed by atoms with Crippen molar-refractivity contribution in [1.29, 1.82) is 0 Å². The van der Waals surface area contributed by atoms with Gasteiger partial charge in [-0.1, -0.05) is 18.2 Å². The summed E-state index contributed by atoms with van der Waals surface area (Å²) in [6, 6.07) is 9.44. The summed E-state index contributed by atoms with van der Waals surface area (Å²) in [5.74, 6) is -0.881. The maximum absolute atomic E-state index is 13.1. The number of thiophene rings is 1. The van der Waals surface area contributed by atoms with Gasteiger partial charge in [-0.15, -0.1) is 11.3 Å². The first-order valence-corrected chi connectivity index (χ1v) is 10.7. The molecule has 2 N–H and O–H groups in total. The molecule has 4 rings (SSSR count). The molecule has 31 heavy (non-hydrogen) atoms.